The number of alkyl halides is 3. The summed E-state index contributed by atoms with van der Waals surface area (Å²) in [4.78, 5) is 30.7. The largest absolute Gasteiger partial charge is 0.397 e. The number of pyridine rings is 1. The van der Waals surface area contributed by atoms with Crippen LogP contribution in [0.25, 0.3) is 16.7 Å². The molecule has 9 heteroatoms. The summed E-state index contributed by atoms with van der Waals surface area (Å²) in [5, 5.41) is 0. The van der Waals surface area contributed by atoms with Gasteiger partial charge in [-0.1, -0.05) is 26.8 Å². The molecule has 2 aromatic heterocycles. The van der Waals surface area contributed by atoms with Gasteiger partial charge in [-0.25, -0.2) is 9.78 Å². The minimum Gasteiger partial charge on any atom is -0.341 e. The van der Waals surface area contributed by atoms with Crippen LogP contribution in [-0.2, 0) is 18.4 Å². The van der Waals surface area contributed by atoms with Crippen molar-refractivity contribution in [2.24, 2.45) is 24.3 Å². The number of halogens is 3. The minimum absolute atomic E-state index is 0.0407. The van der Waals surface area contributed by atoms with Gasteiger partial charge in [0.15, 0.2) is 5.65 Å². The van der Waals surface area contributed by atoms with E-state index in [1.165, 1.54) is 4.90 Å². The monoisotopic (exact) mass is 436 g/mol. The number of nitrogens with zero attached hydrogens (tertiary/aromatic N) is 4. The molecule has 6 nitrogen and oxygen atoms in total. The number of likely N-dealkylation sites (tertiary alicyclic amines) is 1. The lowest BCUT2D eigenvalue weighted by molar-refractivity contribution is -0.160. The van der Waals surface area contributed by atoms with Gasteiger partial charge in [-0.15, -0.1) is 0 Å². The van der Waals surface area contributed by atoms with Crippen molar-refractivity contribution in [2.45, 2.75) is 46.3 Å². The number of rotatable bonds is 3. The molecule has 0 radical (unpaired) electrons. The molecule has 0 aromatic carbocycles. The Labute approximate surface area is 178 Å². The third-order valence-electron chi connectivity index (χ3n) is 6.04. The first kappa shape index (κ1) is 21.6. The summed E-state index contributed by atoms with van der Waals surface area (Å²) >= 11 is 0. The van der Waals surface area contributed by atoms with Gasteiger partial charge in [0.1, 0.15) is 6.42 Å². The second kappa shape index (κ2) is 7.24. The Balaban J connectivity index is 1.56. The van der Waals surface area contributed by atoms with Crippen LogP contribution >= 0.6 is 0 Å². The van der Waals surface area contributed by atoms with E-state index in [1.807, 2.05) is 18.2 Å². The minimum atomic E-state index is -4.48. The first-order valence-electron chi connectivity index (χ1n) is 10.4. The lowest BCUT2D eigenvalue weighted by Crippen LogP contribution is -2.32. The molecule has 0 spiro atoms. The van der Waals surface area contributed by atoms with Crippen molar-refractivity contribution in [3.05, 3.63) is 34.4 Å². The lowest BCUT2D eigenvalue weighted by Gasteiger charge is -2.18. The van der Waals surface area contributed by atoms with E-state index in [0.717, 1.165) is 16.8 Å². The summed E-state index contributed by atoms with van der Waals surface area (Å²) < 4.78 is 40.9. The molecule has 168 valence electrons. The van der Waals surface area contributed by atoms with Crippen molar-refractivity contribution in [2.75, 3.05) is 13.1 Å². The highest BCUT2D eigenvalue weighted by molar-refractivity contribution is 5.79. The molecular weight excluding hydrogens is 409 g/mol. The molecule has 2 aliphatic rings. The van der Waals surface area contributed by atoms with Gasteiger partial charge in [-0.2, -0.15) is 13.2 Å². The maximum Gasteiger partial charge on any atom is 0.397 e. The summed E-state index contributed by atoms with van der Waals surface area (Å²) in [6.07, 6.45) is -3.19. The summed E-state index contributed by atoms with van der Waals surface area (Å²) in [6, 6.07) is 3.82. The Kier molecular flexibility index (Phi) is 5.05. The van der Waals surface area contributed by atoms with E-state index >= 15 is 0 Å². The number of hydrogen-bond acceptors (Lipinski definition) is 3. The molecule has 0 saturated carbocycles. The topological polar surface area (TPSA) is 60.1 Å². The molecule has 0 bridgehead atoms. The van der Waals surface area contributed by atoms with Gasteiger partial charge in [0, 0.05) is 26.7 Å². The lowest BCUT2D eigenvalue weighted by atomic mass is 9.97. The number of carbonyl (C=O) groups is 1. The maximum absolute atomic E-state index is 12.7. The van der Waals surface area contributed by atoms with Crippen molar-refractivity contribution in [1.29, 1.82) is 0 Å². The van der Waals surface area contributed by atoms with Crippen molar-refractivity contribution in [3.63, 3.8) is 0 Å². The smallest absolute Gasteiger partial charge is 0.341 e. The highest BCUT2D eigenvalue weighted by Gasteiger charge is 2.41. The summed E-state index contributed by atoms with van der Waals surface area (Å²) in [5.41, 5.74) is 3.04. The number of allylic oxidation sites excluding steroid dienone is 1. The van der Waals surface area contributed by atoms with Gasteiger partial charge in [0.05, 0.1) is 11.2 Å². The molecule has 1 aliphatic carbocycles. The molecule has 31 heavy (non-hydrogen) atoms. The van der Waals surface area contributed by atoms with Crippen molar-refractivity contribution >= 4 is 22.6 Å². The van der Waals surface area contributed by atoms with Crippen LogP contribution in [0.4, 0.5) is 13.2 Å². The molecule has 3 heterocycles. The van der Waals surface area contributed by atoms with Crippen LogP contribution in [0.3, 0.4) is 0 Å². The molecule has 2 atom stereocenters. The fourth-order valence-electron chi connectivity index (χ4n) is 4.67. The number of imidazole rings is 1. The highest BCUT2D eigenvalue weighted by Crippen LogP contribution is 2.41. The Morgan fingerprint density at radius 1 is 1.19 bits per heavy atom. The molecule has 1 fully saturated rings. The SMILES string of the molecule is Cn1c(=O)n(CC(C)(C)C)c2ccc(C3=CC4CN(C(=O)CC(F)(F)F)CC4C3)nc21. The van der Waals surface area contributed by atoms with Crippen molar-refractivity contribution in [3.8, 4) is 0 Å². The third kappa shape index (κ3) is 4.27. The Hall–Kier alpha value is -2.58. The fourth-order valence-corrected chi connectivity index (χ4v) is 4.67. The van der Waals surface area contributed by atoms with Crippen LogP contribution in [0.1, 0.15) is 39.3 Å². The Morgan fingerprint density at radius 2 is 1.90 bits per heavy atom. The normalized spacial score (nSPS) is 21.6. The zero-order valence-corrected chi connectivity index (χ0v) is 18.2. The van der Waals surface area contributed by atoms with Gasteiger partial charge in [-0.05, 0) is 41.4 Å². The number of carbonyl (C=O) groups excluding carboxylic acids is 1. The average molecular weight is 436 g/mol. The predicted molar refractivity (Wildman–Crippen MR) is 111 cm³/mol. The van der Waals surface area contributed by atoms with Crippen molar-refractivity contribution < 1.29 is 18.0 Å². The fraction of sp³-hybridized carbons (Fsp3) is 0.591. The van der Waals surface area contributed by atoms with Crippen LogP contribution in [0.5, 0.6) is 0 Å². The van der Waals surface area contributed by atoms with E-state index < -0.39 is 18.5 Å². The molecule has 1 aliphatic heterocycles. The van der Waals surface area contributed by atoms with Crippen molar-refractivity contribution in [1.82, 2.24) is 19.0 Å². The highest BCUT2D eigenvalue weighted by atomic mass is 19.4. The standard InChI is InChI=1S/C22H27F3N4O2/c1-21(2,3)12-29-17-6-5-16(26-19(17)27(4)20(29)31)13-7-14-10-28(11-15(14)8-13)18(30)9-22(23,24)25/h5-7,14-15H,8-12H2,1-4H3. The quantitative estimate of drug-likeness (QED) is 0.739. The molecular formula is C22H27F3N4O2. The molecule has 4 rings (SSSR count). The summed E-state index contributed by atoms with van der Waals surface area (Å²) in [5.74, 6) is -0.704. The van der Waals surface area contributed by atoms with Crippen LogP contribution in [0, 0.1) is 17.3 Å². The third-order valence-corrected chi connectivity index (χ3v) is 6.04. The van der Waals surface area contributed by atoms with Gasteiger partial charge in [-0.3, -0.25) is 13.9 Å². The molecule has 0 N–H and O–H groups in total. The summed E-state index contributed by atoms with van der Waals surface area (Å²) in [7, 11) is 1.71. The zero-order valence-electron chi connectivity index (χ0n) is 18.2. The maximum atomic E-state index is 12.7. The van der Waals surface area contributed by atoms with Gasteiger partial charge in [0.25, 0.3) is 0 Å². The van der Waals surface area contributed by atoms with E-state index in [-0.39, 0.29) is 22.9 Å². The number of amides is 1. The van der Waals surface area contributed by atoms with Gasteiger partial charge in [0.2, 0.25) is 5.91 Å². The van der Waals surface area contributed by atoms with Gasteiger partial charge >= 0.3 is 11.9 Å². The molecule has 1 amide bonds. The van der Waals surface area contributed by atoms with Crippen LogP contribution in [0.15, 0.2) is 23.0 Å². The first-order chi connectivity index (χ1) is 14.3. The average Bonchev–Trinajstić information content (AvgIpc) is 3.27. The van der Waals surface area contributed by atoms with Gasteiger partial charge < -0.3 is 4.90 Å². The number of hydrogen-bond donors (Lipinski definition) is 0. The van der Waals surface area contributed by atoms with E-state index in [2.05, 4.69) is 20.8 Å². The Bertz CT molecular complexity index is 1120. The molecule has 2 aromatic rings. The number of aryl methyl sites for hydroxylation is 1. The van der Waals surface area contributed by atoms with E-state index in [0.29, 0.717) is 31.7 Å². The second-order valence-corrected chi connectivity index (χ2v) is 9.94. The van der Waals surface area contributed by atoms with Crippen LogP contribution in [0.2, 0.25) is 0 Å². The van der Waals surface area contributed by atoms with E-state index in [1.54, 1.807) is 16.2 Å². The summed E-state index contributed by atoms with van der Waals surface area (Å²) in [6.45, 7) is 7.45. The second-order valence-electron chi connectivity index (χ2n) is 9.94. The van der Waals surface area contributed by atoms with Crippen LogP contribution < -0.4 is 5.69 Å². The molecule has 2 unspecified atom stereocenters. The van der Waals surface area contributed by atoms with Crippen LogP contribution in [-0.4, -0.2) is 44.2 Å². The number of fused-ring (bicyclic) bond motifs is 2. The predicted octanol–water partition coefficient (Wildman–Crippen LogP) is 3.60. The Morgan fingerprint density at radius 3 is 2.52 bits per heavy atom. The zero-order chi connectivity index (χ0) is 22.7. The van der Waals surface area contributed by atoms with E-state index in [9.17, 15) is 22.8 Å². The first-order valence-corrected chi connectivity index (χ1v) is 10.4. The number of aromatic nitrogens is 3. The molecule has 1 saturated heterocycles. The van der Waals surface area contributed by atoms with E-state index in [4.69, 9.17) is 4.98 Å².